The molecule has 0 aliphatic carbocycles. The molecule has 92 valence electrons. The maximum Gasteiger partial charge on any atom is 0.339 e. The lowest BCUT2D eigenvalue weighted by molar-refractivity contribution is -0.385. The summed E-state index contributed by atoms with van der Waals surface area (Å²) in [6.45, 7) is 0. The molecular weight excluding hydrogens is 254 g/mol. The zero-order valence-corrected chi connectivity index (χ0v) is 9.30. The molecule has 0 saturated carbocycles. The van der Waals surface area contributed by atoms with E-state index in [9.17, 15) is 23.3 Å². The maximum atomic E-state index is 11.2. The molecule has 0 radical (unpaired) electrons. The smallest absolute Gasteiger partial charge is 0.339 e. The van der Waals surface area contributed by atoms with E-state index in [4.69, 9.17) is 4.55 Å². The Labute approximate surface area is 95.7 Å². The van der Waals surface area contributed by atoms with Crippen molar-refractivity contribution in [1.29, 1.82) is 0 Å². The lowest BCUT2D eigenvalue weighted by Crippen LogP contribution is -2.10. The zero-order valence-electron chi connectivity index (χ0n) is 8.48. The standard InChI is InChI=1S/C8H7NO7S/c1-16-8(10)6-3-2-5(9(11)12)4-7(6)17(13,14)15/h2-4H,1H3,(H,13,14,15). The highest BCUT2D eigenvalue weighted by atomic mass is 32.2. The molecule has 0 spiro atoms. The van der Waals surface area contributed by atoms with Crippen LogP contribution in [0.2, 0.25) is 0 Å². The number of methoxy groups -OCH3 is 1. The number of non-ortho nitro benzene ring substituents is 1. The van der Waals surface area contributed by atoms with Crippen molar-refractivity contribution in [2.24, 2.45) is 0 Å². The average Bonchev–Trinajstić information content (AvgIpc) is 2.26. The molecule has 0 saturated heterocycles. The van der Waals surface area contributed by atoms with Crippen LogP contribution in [0.3, 0.4) is 0 Å². The second-order valence-electron chi connectivity index (χ2n) is 2.90. The van der Waals surface area contributed by atoms with Gasteiger partial charge in [0.05, 0.1) is 17.6 Å². The molecule has 0 aliphatic heterocycles. The Kier molecular flexibility index (Phi) is 3.44. The fourth-order valence-corrected chi connectivity index (χ4v) is 1.82. The normalized spacial score (nSPS) is 10.9. The number of esters is 1. The van der Waals surface area contributed by atoms with Crippen molar-refractivity contribution in [2.45, 2.75) is 4.90 Å². The van der Waals surface area contributed by atoms with E-state index in [2.05, 4.69) is 4.74 Å². The highest BCUT2D eigenvalue weighted by molar-refractivity contribution is 7.86. The predicted octanol–water partition coefficient (Wildman–Crippen LogP) is 0.628. The van der Waals surface area contributed by atoms with Crippen LogP contribution in [0.15, 0.2) is 23.1 Å². The molecule has 1 aromatic carbocycles. The Balaban J connectivity index is 3.54. The summed E-state index contributed by atoms with van der Waals surface area (Å²) >= 11 is 0. The van der Waals surface area contributed by atoms with Gasteiger partial charge < -0.3 is 4.74 Å². The van der Waals surface area contributed by atoms with Gasteiger partial charge in [-0.25, -0.2) is 4.79 Å². The number of nitrogens with zero attached hydrogens (tertiary/aromatic N) is 1. The zero-order chi connectivity index (χ0) is 13.2. The first kappa shape index (κ1) is 13.1. The summed E-state index contributed by atoms with van der Waals surface area (Å²) in [5.41, 5.74) is -1.04. The van der Waals surface area contributed by atoms with Crippen LogP contribution in [0, 0.1) is 10.1 Å². The summed E-state index contributed by atoms with van der Waals surface area (Å²) < 4.78 is 35.1. The van der Waals surface area contributed by atoms with Gasteiger partial charge in [0.1, 0.15) is 4.90 Å². The summed E-state index contributed by atoms with van der Waals surface area (Å²) in [6.07, 6.45) is 0. The lowest BCUT2D eigenvalue weighted by atomic mass is 10.2. The second-order valence-corrected chi connectivity index (χ2v) is 4.29. The second kappa shape index (κ2) is 4.47. The Hall–Kier alpha value is -2.00. The molecule has 0 unspecified atom stereocenters. The first-order valence-corrected chi connectivity index (χ1v) is 5.55. The fourth-order valence-electron chi connectivity index (χ4n) is 1.12. The molecule has 0 atom stereocenters. The van der Waals surface area contributed by atoms with Crippen molar-refractivity contribution >= 4 is 21.8 Å². The van der Waals surface area contributed by atoms with E-state index in [0.29, 0.717) is 6.07 Å². The fraction of sp³-hybridized carbons (Fsp3) is 0.125. The van der Waals surface area contributed by atoms with Gasteiger partial charge in [0.2, 0.25) is 0 Å². The van der Waals surface area contributed by atoms with E-state index in [1.807, 2.05) is 0 Å². The van der Waals surface area contributed by atoms with Crippen LogP contribution in [-0.2, 0) is 14.9 Å². The van der Waals surface area contributed by atoms with Crippen molar-refractivity contribution in [3.05, 3.63) is 33.9 Å². The third-order valence-electron chi connectivity index (χ3n) is 1.86. The molecule has 8 nitrogen and oxygen atoms in total. The van der Waals surface area contributed by atoms with Crippen molar-refractivity contribution in [3.63, 3.8) is 0 Å². The molecule has 9 heteroatoms. The van der Waals surface area contributed by atoms with Gasteiger partial charge in [-0.05, 0) is 6.07 Å². The van der Waals surface area contributed by atoms with E-state index < -0.39 is 37.2 Å². The van der Waals surface area contributed by atoms with E-state index in [1.54, 1.807) is 0 Å². The van der Waals surface area contributed by atoms with Gasteiger partial charge in [-0.15, -0.1) is 0 Å². The summed E-state index contributed by atoms with van der Waals surface area (Å²) in [7, 11) is -3.74. The average molecular weight is 261 g/mol. The number of carbonyl (C=O) groups is 1. The SMILES string of the molecule is COC(=O)c1ccc([N+](=O)[O-])cc1S(=O)(=O)O. The van der Waals surface area contributed by atoms with Gasteiger partial charge in [-0.1, -0.05) is 0 Å². The maximum absolute atomic E-state index is 11.2. The van der Waals surface area contributed by atoms with Gasteiger partial charge in [0.15, 0.2) is 0 Å². The van der Waals surface area contributed by atoms with Gasteiger partial charge in [-0.3, -0.25) is 14.7 Å². The van der Waals surface area contributed by atoms with E-state index >= 15 is 0 Å². The van der Waals surface area contributed by atoms with Crippen LogP contribution in [0.1, 0.15) is 10.4 Å². The van der Waals surface area contributed by atoms with Crippen LogP contribution in [0.4, 0.5) is 5.69 Å². The topological polar surface area (TPSA) is 124 Å². The number of carbonyl (C=O) groups excluding carboxylic acids is 1. The van der Waals surface area contributed by atoms with Crippen molar-refractivity contribution < 1.29 is 27.4 Å². The third-order valence-corrected chi connectivity index (χ3v) is 2.75. The van der Waals surface area contributed by atoms with Gasteiger partial charge in [0, 0.05) is 12.1 Å². The number of hydrogen-bond donors (Lipinski definition) is 1. The summed E-state index contributed by atoms with van der Waals surface area (Å²) in [5, 5.41) is 10.4. The predicted molar refractivity (Wildman–Crippen MR) is 54.3 cm³/mol. The quantitative estimate of drug-likeness (QED) is 0.366. The largest absolute Gasteiger partial charge is 0.465 e. The molecule has 1 N–H and O–H groups in total. The lowest BCUT2D eigenvalue weighted by Gasteiger charge is -2.04. The number of ether oxygens (including phenoxy) is 1. The number of hydrogen-bond acceptors (Lipinski definition) is 6. The first-order valence-electron chi connectivity index (χ1n) is 4.11. The number of nitro groups is 1. The van der Waals surface area contributed by atoms with E-state index in [0.717, 1.165) is 19.2 Å². The van der Waals surface area contributed by atoms with Gasteiger partial charge in [-0.2, -0.15) is 8.42 Å². The molecule has 0 fully saturated rings. The molecule has 17 heavy (non-hydrogen) atoms. The Morgan fingerprint density at radius 3 is 2.47 bits per heavy atom. The minimum atomic E-state index is -4.75. The molecule has 0 heterocycles. The molecule has 0 bridgehead atoms. The first-order chi connectivity index (χ1) is 7.77. The molecule has 0 aliphatic rings. The van der Waals surface area contributed by atoms with Crippen LogP contribution in [0.5, 0.6) is 0 Å². The van der Waals surface area contributed by atoms with Crippen LogP contribution >= 0.6 is 0 Å². The molecule has 0 amide bonds. The number of benzene rings is 1. The molecule has 1 aromatic rings. The molecular formula is C8H7NO7S. The van der Waals surface area contributed by atoms with Crippen molar-refractivity contribution in [1.82, 2.24) is 0 Å². The third kappa shape index (κ3) is 2.77. The van der Waals surface area contributed by atoms with Crippen LogP contribution in [0.25, 0.3) is 0 Å². The minimum Gasteiger partial charge on any atom is -0.465 e. The Bertz CT molecular complexity index is 578. The van der Waals surface area contributed by atoms with E-state index in [-0.39, 0.29) is 0 Å². The Morgan fingerprint density at radius 1 is 1.47 bits per heavy atom. The summed E-state index contributed by atoms with van der Waals surface area (Å²) in [4.78, 5) is 19.9. The highest BCUT2D eigenvalue weighted by Crippen LogP contribution is 2.22. The summed E-state index contributed by atoms with van der Waals surface area (Å²) in [6, 6.07) is 2.41. The van der Waals surface area contributed by atoms with Crippen LogP contribution < -0.4 is 0 Å². The van der Waals surface area contributed by atoms with Gasteiger partial charge >= 0.3 is 5.97 Å². The van der Waals surface area contributed by atoms with Crippen molar-refractivity contribution in [3.8, 4) is 0 Å². The number of rotatable bonds is 3. The van der Waals surface area contributed by atoms with Gasteiger partial charge in [0.25, 0.3) is 15.8 Å². The monoisotopic (exact) mass is 261 g/mol. The molecule has 0 aromatic heterocycles. The highest BCUT2D eigenvalue weighted by Gasteiger charge is 2.24. The number of nitro benzene ring substituents is 1. The van der Waals surface area contributed by atoms with Crippen molar-refractivity contribution in [2.75, 3.05) is 7.11 Å². The summed E-state index contributed by atoms with van der Waals surface area (Å²) in [5.74, 6) is -1.02. The minimum absolute atomic E-state index is 0.472. The van der Waals surface area contributed by atoms with E-state index in [1.165, 1.54) is 0 Å². The van der Waals surface area contributed by atoms with Crippen LogP contribution in [-0.4, -0.2) is 31.0 Å². The Morgan fingerprint density at radius 2 is 2.06 bits per heavy atom. The molecule has 1 rings (SSSR count).